The number of halogens is 1. The highest BCUT2D eigenvalue weighted by atomic mass is 32.2. The molecule has 1 heterocycles. The highest BCUT2D eigenvalue weighted by Crippen LogP contribution is 2.17. The lowest BCUT2D eigenvalue weighted by atomic mass is 10.2. The smallest absolute Gasteiger partial charge is 0.277 e. The van der Waals surface area contributed by atoms with Crippen molar-refractivity contribution in [2.24, 2.45) is 0 Å². The van der Waals surface area contributed by atoms with Gasteiger partial charge in [0, 0.05) is 5.75 Å². The molecule has 23 heavy (non-hydrogen) atoms. The lowest BCUT2D eigenvalue weighted by molar-refractivity contribution is -0.301. The number of nitrogens with two attached hydrogens (primary N) is 1. The Balaban J connectivity index is 2.24. The van der Waals surface area contributed by atoms with E-state index in [1.54, 1.807) is 0 Å². The van der Waals surface area contributed by atoms with E-state index in [0.717, 1.165) is 6.07 Å². The number of carbonyl (C=O) groups excluding carboxylic acids is 2. The number of aromatic amines is 1. The van der Waals surface area contributed by atoms with Gasteiger partial charge in [-0.1, -0.05) is 23.9 Å². The molecular weight excluding hydrogens is 327 g/mol. The lowest BCUT2D eigenvalue weighted by Gasteiger charge is -2.09. The van der Waals surface area contributed by atoms with Crippen LogP contribution < -0.4 is 21.7 Å². The second-order valence-electron chi connectivity index (χ2n) is 4.23. The second-order valence-corrected chi connectivity index (χ2v) is 5.19. The van der Waals surface area contributed by atoms with Crippen molar-refractivity contribution >= 4 is 35.1 Å². The molecule has 0 saturated carbocycles. The van der Waals surface area contributed by atoms with Crippen molar-refractivity contribution in [1.82, 2.24) is 9.97 Å². The predicted octanol–water partition coefficient (Wildman–Crippen LogP) is -0.415. The molecule has 0 bridgehead atoms. The van der Waals surface area contributed by atoms with E-state index in [2.05, 4.69) is 15.3 Å². The first kappa shape index (κ1) is 16.5. The topological polar surface area (TPSA) is 141 Å². The Labute approximate surface area is 132 Å². The summed E-state index contributed by atoms with van der Waals surface area (Å²) in [6, 6.07) is 5.22. The van der Waals surface area contributed by atoms with E-state index in [4.69, 9.17) is 5.73 Å². The van der Waals surface area contributed by atoms with Gasteiger partial charge in [0.25, 0.3) is 11.5 Å². The van der Waals surface area contributed by atoms with Gasteiger partial charge in [-0.3, -0.25) is 14.6 Å². The van der Waals surface area contributed by atoms with Gasteiger partial charge in [0.2, 0.25) is 0 Å². The molecule has 2 aromatic rings. The molecule has 0 saturated heterocycles. The molecule has 10 heteroatoms. The monoisotopic (exact) mass is 337 g/mol. The molecule has 4 N–H and O–H groups in total. The third kappa shape index (κ3) is 4.07. The summed E-state index contributed by atoms with van der Waals surface area (Å²) in [5.74, 6) is -3.71. The Hall–Kier alpha value is -2.88. The van der Waals surface area contributed by atoms with E-state index in [1.807, 2.05) is 0 Å². The molecule has 1 aromatic heterocycles. The van der Waals surface area contributed by atoms with Gasteiger partial charge in [-0.15, -0.1) is 0 Å². The van der Waals surface area contributed by atoms with Crippen LogP contribution in [0.5, 0.6) is 0 Å². The quantitative estimate of drug-likeness (QED) is 0.497. The minimum atomic E-state index is -1.34. The molecule has 0 aliphatic heterocycles. The van der Waals surface area contributed by atoms with Crippen LogP contribution in [0.2, 0.25) is 0 Å². The van der Waals surface area contributed by atoms with Gasteiger partial charge in [0.05, 0.1) is 11.5 Å². The van der Waals surface area contributed by atoms with Crippen LogP contribution in [0.4, 0.5) is 15.9 Å². The summed E-state index contributed by atoms with van der Waals surface area (Å²) in [6.45, 7) is 0. The fourth-order valence-electron chi connectivity index (χ4n) is 1.61. The Bertz CT molecular complexity index is 824. The van der Waals surface area contributed by atoms with Gasteiger partial charge in [0.15, 0.2) is 11.0 Å². The van der Waals surface area contributed by atoms with Crippen LogP contribution in [0, 0.1) is 5.82 Å². The Morgan fingerprint density at radius 1 is 1.39 bits per heavy atom. The van der Waals surface area contributed by atoms with Crippen molar-refractivity contribution in [3.63, 3.8) is 0 Å². The molecule has 0 spiro atoms. The summed E-state index contributed by atoms with van der Waals surface area (Å²) in [5.41, 5.74) is 4.17. The molecule has 2 rings (SSSR count). The summed E-state index contributed by atoms with van der Waals surface area (Å²) < 4.78 is 13.5. The largest absolute Gasteiger partial charge is 0.549 e. The number of rotatable bonds is 5. The normalized spacial score (nSPS) is 10.3. The Kier molecular flexibility index (Phi) is 4.96. The third-order valence-corrected chi connectivity index (χ3v) is 3.46. The van der Waals surface area contributed by atoms with Crippen molar-refractivity contribution < 1.29 is 19.1 Å². The van der Waals surface area contributed by atoms with E-state index >= 15 is 0 Å². The Morgan fingerprint density at radius 3 is 2.70 bits per heavy atom. The van der Waals surface area contributed by atoms with Gasteiger partial charge in [0.1, 0.15) is 11.5 Å². The summed E-state index contributed by atoms with van der Waals surface area (Å²) >= 11 is 0.702. The zero-order valence-corrected chi connectivity index (χ0v) is 12.3. The highest BCUT2D eigenvalue weighted by molar-refractivity contribution is 7.99. The van der Waals surface area contributed by atoms with Crippen molar-refractivity contribution in [3.8, 4) is 0 Å². The number of H-pyrrole nitrogens is 1. The number of benzene rings is 1. The van der Waals surface area contributed by atoms with Gasteiger partial charge in [-0.25, -0.2) is 9.37 Å². The standard InChI is InChI=1S/C13H11FN4O4S/c14-7-4-2-1-3-6(7)11(21)16-9-10(15)17-13(18-12(9)22)23-5-8(19)20/h1-4H,5H2,(H,16,21)(H,19,20)(H3,15,17,18,22)/p-1. The molecule has 0 aliphatic rings. The van der Waals surface area contributed by atoms with E-state index in [-0.39, 0.29) is 22.2 Å². The van der Waals surface area contributed by atoms with Crippen LogP contribution in [0.1, 0.15) is 10.4 Å². The number of nitrogens with one attached hydrogen (secondary N) is 2. The number of hydrogen-bond acceptors (Lipinski definition) is 7. The molecule has 120 valence electrons. The SMILES string of the molecule is Nc1nc(SCC(=O)[O-])[nH]c(=O)c1NC(=O)c1ccccc1F. The number of aliphatic carboxylic acids is 1. The number of carbonyl (C=O) groups is 2. The van der Waals surface area contributed by atoms with Crippen LogP contribution in [-0.4, -0.2) is 27.6 Å². The number of nitrogens with zero attached hydrogens (tertiary/aromatic N) is 1. The third-order valence-electron chi connectivity index (χ3n) is 2.61. The predicted molar refractivity (Wildman–Crippen MR) is 79.4 cm³/mol. The molecular formula is C13H10FN4O4S-. The van der Waals surface area contributed by atoms with Gasteiger partial charge in [-0.2, -0.15) is 0 Å². The number of anilines is 2. The van der Waals surface area contributed by atoms with Crippen molar-refractivity contribution in [2.45, 2.75) is 5.16 Å². The molecule has 8 nitrogen and oxygen atoms in total. The maximum absolute atomic E-state index is 13.5. The van der Waals surface area contributed by atoms with Gasteiger partial charge >= 0.3 is 0 Å². The van der Waals surface area contributed by atoms with Gasteiger partial charge < -0.3 is 21.0 Å². The minimum absolute atomic E-state index is 0.0411. The van der Waals surface area contributed by atoms with E-state index in [9.17, 15) is 23.9 Å². The van der Waals surface area contributed by atoms with Crippen molar-refractivity contribution in [3.05, 3.63) is 46.0 Å². The molecule has 0 radical (unpaired) electrons. The van der Waals surface area contributed by atoms with Crippen LogP contribution in [0.15, 0.2) is 34.2 Å². The van der Waals surface area contributed by atoms with Crippen molar-refractivity contribution in [2.75, 3.05) is 16.8 Å². The fourth-order valence-corrected chi connectivity index (χ4v) is 2.19. The molecule has 0 fully saturated rings. The Morgan fingerprint density at radius 2 is 2.09 bits per heavy atom. The lowest BCUT2D eigenvalue weighted by Crippen LogP contribution is -2.26. The minimum Gasteiger partial charge on any atom is -0.549 e. The summed E-state index contributed by atoms with van der Waals surface area (Å²) in [7, 11) is 0. The van der Waals surface area contributed by atoms with Crippen LogP contribution in [0.3, 0.4) is 0 Å². The van der Waals surface area contributed by atoms with E-state index in [1.165, 1.54) is 18.2 Å². The zero-order valence-electron chi connectivity index (χ0n) is 11.5. The number of thioether (sulfide) groups is 1. The van der Waals surface area contributed by atoms with Gasteiger partial charge in [-0.05, 0) is 12.1 Å². The summed E-state index contributed by atoms with van der Waals surface area (Å²) in [6.07, 6.45) is 0. The molecule has 0 aliphatic carbocycles. The number of hydrogen-bond donors (Lipinski definition) is 3. The van der Waals surface area contributed by atoms with E-state index < -0.39 is 29.0 Å². The number of carboxylic acid groups (broad SMARTS) is 1. The highest BCUT2D eigenvalue weighted by Gasteiger charge is 2.16. The number of nitrogen functional groups attached to an aromatic ring is 1. The molecule has 0 unspecified atom stereocenters. The average Bonchev–Trinajstić information content (AvgIpc) is 2.49. The molecule has 1 amide bonds. The first-order valence-corrected chi connectivity index (χ1v) is 7.15. The number of carboxylic acids is 1. The first-order chi connectivity index (χ1) is 10.9. The number of amides is 1. The average molecular weight is 337 g/mol. The maximum Gasteiger partial charge on any atom is 0.277 e. The zero-order chi connectivity index (χ0) is 17.0. The number of aromatic nitrogens is 2. The fraction of sp³-hybridized carbons (Fsp3) is 0.0769. The second kappa shape index (κ2) is 6.92. The summed E-state index contributed by atoms with van der Waals surface area (Å²) in [4.78, 5) is 40.2. The van der Waals surface area contributed by atoms with Crippen LogP contribution >= 0.6 is 11.8 Å². The summed E-state index contributed by atoms with van der Waals surface area (Å²) in [5, 5.41) is 12.5. The van der Waals surface area contributed by atoms with Crippen LogP contribution in [0.25, 0.3) is 0 Å². The van der Waals surface area contributed by atoms with Crippen LogP contribution in [-0.2, 0) is 4.79 Å². The molecule has 1 aromatic carbocycles. The maximum atomic E-state index is 13.5. The van der Waals surface area contributed by atoms with E-state index in [0.29, 0.717) is 11.8 Å². The molecule has 0 atom stereocenters. The van der Waals surface area contributed by atoms with Crippen molar-refractivity contribution in [1.29, 1.82) is 0 Å². The first-order valence-electron chi connectivity index (χ1n) is 6.17.